The lowest BCUT2D eigenvalue weighted by atomic mass is 9.79. The largest absolute Gasteiger partial charge is 0.494 e. The standard InChI is InChI=1S/C15H21BO4S/c1-14(2)15(3,4)20-16(19-14)11-7-6-8-12(9-11)21-10-13(17)18-5/h6-9H,10H2,1-5H3. The van der Waals surface area contributed by atoms with E-state index in [1.54, 1.807) is 0 Å². The second-order valence-corrected chi connectivity index (χ2v) is 7.07. The second kappa shape index (κ2) is 6.03. The van der Waals surface area contributed by atoms with Gasteiger partial charge in [0.05, 0.1) is 24.1 Å². The van der Waals surface area contributed by atoms with E-state index in [9.17, 15) is 4.79 Å². The first-order valence-corrected chi connectivity index (χ1v) is 7.89. The minimum Gasteiger partial charge on any atom is -0.468 e. The lowest BCUT2D eigenvalue weighted by Gasteiger charge is -2.32. The van der Waals surface area contributed by atoms with Crippen molar-refractivity contribution in [1.82, 2.24) is 0 Å². The van der Waals surface area contributed by atoms with Crippen LogP contribution in [0.2, 0.25) is 0 Å². The van der Waals surface area contributed by atoms with Crippen molar-refractivity contribution < 1.29 is 18.8 Å². The molecule has 2 rings (SSSR count). The van der Waals surface area contributed by atoms with E-state index < -0.39 is 0 Å². The number of hydrogen-bond acceptors (Lipinski definition) is 5. The third kappa shape index (κ3) is 3.62. The summed E-state index contributed by atoms with van der Waals surface area (Å²) in [7, 11) is 1.01. The van der Waals surface area contributed by atoms with Gasteiger partial charge in [0.2, 0.25) is 0 Å². The molecular formula is C15H21BO4S. The predicted octanol–water partition coefficient (Wildman–Crippen LogP) is 2.25. The zero-order valence-electron chi connectivity index (χ0n) is 13.1. The summed E-state index contributed by atoms with van der Waals surface area (Å²) in [5.74, 6) is 0.0598. The van der Waals surface area contributed by atoms with Crippen molar-refractivity contribution in [2.45, 2.75) is 43.8 Å². The van der Waals surface area contributed by atoms with Gasteiger partial charge in [-0.3, -0.25) is 4.79 Å². The lowest BCUT2D eigenvalue weighted by Crippen LogP contribution is -2.41. The van der Waals surface area contributed by atoms with Gasteiger partial charge in [-0.1, -0.05) is 12.1 Å². The Kier molecular flexibility index (Phi) is 4.71. The Bertz CT molecular complexity index is 514. The smallest absolute Gasteiger partial charge is 0.468 e. The van der Waals surface area contributed by atoms with Crippen LogP contribution in [0, 0.1) is 0 Å². The molecule has 1 aromatic carbocycles. The van der Waals surface area contributed by atoms with Gasteiger partial charge in [-0.2, -0.15) is 0 Å². The molecule has 1 fully saturated rings. The number of rotatable bonds is 4. The topological polar surface area (TPSA) is 44.8 Å². The molecule has 21 heavy (non-hydrogen) atoms. The molecule has 0 N–H and O–H groups in total. The number of carbonyl (C=O) groups excluding carboxylic acids is 1. The molecule has 0 saturated carbocycles. The van der Waals surface area contributed by atoms with Crippen LogP contribution in [0.4, 0.5) is 0 Å². The third-order valence-corrected chi connectivity index (χ3v) is 4.94. The van der Waals surface area contributed by atoms with Crippen LogP contribution in [0.1, 0.15) is 27.7 Å². The molecule has 0 amide bonds. The van der Waals surface area contributed by atoms with Crippen LogP contribution in [0.15, 0.2) is 29.2 Å². The minimum atomic E-state index is -0.381. The summed E-state index contributed by atoms with van der Waals surface area (Å²) in [6.45, 7) is 8.12. The Morgan fingerprint density at radius 2 is 1.86 bits per heavy atom. The lowest BCUT2D eigenvalue weighted by molar-refractivity contribution is -0.137. The highest BCUT2D eigenvalue weighted by atomic mass is 32.2. The monoisotopic (exact) mass is 308 g/mol. The molecule has 1 heterocycles. The zero-order valence-corrected chi connectivity index (χ0v) is 14.0. The fraction of sp³-hybridized carbons (Fsp3) is 0.533. The molecule has 0 atom stereocenters. The van der Waals surface area contributed by atoms with Crippen LogP contribution in [0.3, 0.4) is 0 Å². The van der Waals surface area contributed by atoms with E-state index in [0.717, 1.165) is 10.4 Å². The number of methoxy groups -OCH3 is 1. The van der Waals surface area contributed by atoms with Crippen molar-refractivity contribution in [3.8, 4) is 0 Å². The van der Waals surface area contributed by atoms with E-state index in [1.165, 1.54) is 18.9 Å². The molecule has 1 aliphatic heterocycles. The molecule has 0 aliphatic carbocycles. The Morgan fingerprint density at radius 3 is 2.43 bits per heavy atom. The first-order chi connectivity index (χ1) is 9.75. The van der Waals surface area contributed by atoms with E-state index in [-0.39, 0.29) is 24.3 Å². The Balaban J connectivity index is 2.10. The molecule has 6 heteroatoms. The van der Waals surface area contributed by atoms with Crippen molar-refractivity contribution in [3.63, 3.8) is 0 Å². The van der Waals surface area contributed by atoms with Crippen LogP contribution in [-0.2, 0) is 18.8 Å². The van der Waals surface area contributed by atoms with Crippen molar-refractivity contribution in [3.05, 3.63) is 24.3 Å². The Morgan fingerprint density at radius 1 is 1.24 bits per heavy atom. The van der Waals surface area contributed by atoms with Gasteiger partial charge < -0.3 is 14.0 Å². The van der Waals surface area contributed by atoms with E-state index in [0.29, 0.717) is 5.75 Å². The van der Waals surface area contributed by atoms with E-state index in [2.05, 4.69) is 4.74 Å². The molecular weight excluding hydrogens is 287 g/mol. The van der Waals surface area contributed by atoms with E-state index >= 15 is 0 Å². The Hall–Kier alpha value is -0.975. The Labute approximate surface area is 130 Å². The highest BCUT2D eigenvalue weighted by Crippen LogP contribution is 2.36. The summed E-state index contributed by atoms with van der Waals surface area (Å²) in [5.41, 5.74) is 0.253. The van der Waals surface area contributed by atoms with Crippen LogP contribution in [0.25, 0.3) is 0 Å². The molecule has 114 valence electrons. The van der Waals surface area contributed by atoms with Crippen LogP contribution < -0.4 is 5.46 Å². The van der Waals surface area contributed by atoms with Crippen molar-refractivity contribution in [1.29, 1.82) is 0 Å². The molecule has 4 nitrogen and oxygen atoms in total. The molecule has 1 aliphatic rings. The molecule has 0 spiro atoms. The number of esters is 1. The first kappa shape index (κ1) is 16.4. The number of hydrogen-bond donors (Lipinski definition) is 0. The summed E-state index contributed by atoms with van der Waals surface area (Å²) >= 11 is 1.44. The highest BCUT2D eigenvalue weighted by Gasteiger charge is 2.51. The average molecular weight is 308 g/mol. The van der Waals surface area contributed by atoms with Crippen molar-refractivity contribution >= 4 is 30.3 Å². The summed E-state index contributed by atoms with van der Waals surface area (Å²) in [6, 6.07) is 7.88. The molecule has 1 aromatic rings. The molecule has 0 bridgehead atoms. The van der Waals surface area contributed by atoms with Crippen LogP contribution in [0.5, 0.6) is 0 Å². The predicted molar refractivity (Wildman–Crippen MR) is 84.9 cm³/mol. The maximum absolute atomic E-state index is 11.2. The van der Waals surface area contributed by atoms with Gasteiger partial charge in [0.1, 0.15) is 0 Å². The van der Waals surface area contributed by atoms with Crippen molar-refractivity contribution in [2.75, 3.05) is 12.9 Å². The normalized spacial score (nSPS) is 19.6. The van der Waals surface area contributed by atoms with Crippen molar-refractivity contribution in [2.24, 2.45) is 0 Å². The van der Waals surface area contributed by atoms with Crippen LogP contribution >= 0.6 is 11.8 Å². The maximum Gasteiger partial charge on any atom is 0.494 e. The molecule has 0 radical (unpaired) electrons. The highest BCUT2D eigenvalue weighted by molar-refractivity contribution is 8.00. The maximum atomic E-state index is 11.2. The summed E-state index contributed by atoms with van der Waals surface area (Å²) in [5, 5.41) is 0. The number of ether oxygens (including phenoxy) is 1. The van der Waals surface area contributed by atoms with E-state index in [1.807, 2.05) is 52.0 Å². The van der Waals surface area contributed by atoms with Gasteiger partial charge in [-0.05, 0) is 45.3 Å². The molecule has 0 aromatic heterocycles. The van der Waals surface area contributed by atoms with E-state index in [4.69, 9.17) is 9.31 Å². The quantitative estimate of drug-likeness (QED) is 0.485. The van der Waals surface area contributed by atoms with Gasteiger partial charge in [0.15, 0.2) is 0 Å². The molecule has 0 unspecified atom stereocenters. The number of benzene rings is 1. The van der Waals surface area contributed by atoms with Crippen LogP contribution in [-0.4, -0.2) is 37.2 Å². The van der Waals surface area contributed by atoms with Gasteiger partial charge >= 0.3 is 13.1 Å². The number of thioether (sulfide) groups is 1. The summed E-state index contributed by atoms with van der Waals surface area (Å²) < 4.78 is 16.7. The summed E-state index contributed by atoms with van der Waals surface area (Å²) in [6.07, 6.45) is 0. The van der Waals surface area contributed by atoms with Gasteiger partial charge in [-0.15, -0.1) is 11.8 Å². The molecule has 1 saturated heterocycles. The third-order valence-electron chi connectivity index (χ3n) is 3.97. The van der Waals surface area contributed by atoms with Gasteiger partial charge in [0, 0.05) is 4.90 Å². The minimum absolute atomic E-state index is 0.235. The van der Waals surface area contributed by atoms with Gasteiger partial charge in [-0.25, -0.2) is 0 Å². The SMILES string of the molecule is COC(=O)CSc1cccc(B2OC(C)(C)C(C)(C)O2)c1. The first-order valence-electron chi connectivity index (χ1n) is 6.90. The summed E-state index contributed by atoms with van der Waals surface area (Å²) in [4.78, 5) is 12.2. The average Bonchev–Trinajstić information content (AvgIpc) is 2.65. The second-order valence-electron chi connectivity index (χ2n) is 6.03. The number of carbonyl (C=O) groups is 1. The fourth-order valence-electron chi connectivity index (χ4n) is 1.93. The van der Waals surface area contributed by atoms with Gasteiger partial charge in [0.25, 0.3) is 0 Å². The fourth-order valence-corrected chi connectivity index (χ4v) is 2.73. The zero-order chi connectivity index (χ0) is 15.7.